The molecule has 0 bridgehead atoms. The van der Waals surface area contributed by atoms with Gasteiger partial charge in [0.1, 0.15) is 5.60 Å². The first-order valence-electron chi connectivity index (χ1n) is 8.67. The molecule has 2 aromatic rings. The molecule has 2 rings (SSSR count). The third-order valence-corrected chi connectivity index (χ3v) is 4.06. The van der Waals surface area contributed by atoms with Gasteiger partial charge < -0.3 is 15.0 Å². The topological polar surface area (TPSA) is 71.5 Å². The first kappa shape index (κ1) is 20.9. The zero-order chi connectivity index (χ0) is 20.0. The lowest BCUT2D eigenvalue weighted by Crippen LogP contribution is -2.36. The highest BCUT2D eigenvalue weighted by Gasteiger charge is 2.22. The summed E-state index contributed by atoms with van der Waals surface area (Å²) < 4.78 is 6.18. The molecule has 0 atom stereocenters. The van der Waals surface area contributed by atoms with Crippen LogP contribution in [0, 0.1) is 0 Å². The molecule has 1 aromatic heterocycles. The van der Waals surface area contributed by atoms with E-state index in [9.17, 15) is 9.59 Å². The van der Waals surface area contributed by atoms with E-state index < -0.39 is 5.60 Å². The van der Waals surface area contributed by atoms with Crippen molar-refractivity contribution in [3.05, 3.63) is 58.3 Å². The van der Waals surface area contributed by atoms with E-state index >= 15 is 0 Å². The molecule has 27 heavy (non-hydrogen) atoms. The minimum Gasteiger partial charge on any atom is -0.444 e. The Hall–Kier alpha value is -2.41. The maximum atomic E-state index is 12.5. The van der Waals surface area contributed by atoms with E-state index in [2.05, 4.69) is 26.2 Å². The third-order valence-electron chi connectivity index (χ3n) is 3.63. The second-order valence-corrected chi connectivity index (χ2v) is 7.91. The SMILES string of the molecule is CCN(Cc1ccccc1NC(=O)c1cncc(Br)c1)C(=O)OC(C)(C)C. The van der Waals surface area contributed by atoms with Gasteiger partial charge in [0, 0.05) is 29.1 Å². The van der Waals surface area contributed by atoms with Crippen LogP contribution in [0.2, 0.25) is 0 Å². The Morgan fingerprint density at radius 3 is 2.56 bits per heavy atom. The highest BCUT2D eigenvalue weighted by atomic mass is 79.9. The van der Waals surface area contributed by atoms with Crippen LogP contribution in [0.1, 0.15) is 43.6 Å². The maximum absolute atomic E-state index is 12.5. The van der Waals surface area contributed by atoms with Crippen LogP contribution in [-0.4, -0.2) is 34.0 Å². The average Bonchev–Trinajstić information content (AvgIpc) is 2.59. The number of carbonyl (C=O) groups excluding carboxylic acids is 2. The van der Waals surface area contributed by atoms with Crippen LogP contribution in [-0.2, 0) is 11.3 Å². The predicted octanol–water partition coefficient (Wildman–Crippen LogP) is 4.85. The standard InChI is InChI=1S/C20H24BrN3O3/c1-5-24(19(26)27-20(2,3)4)13-14-8-6-7-9-17(14)23-18(25)15-10-16(21)12-22-11-15/h6-12H,5,13H2,1-4H3,(H,23,25). The van der Waals surface area contributed by atoms with Crippen molar-refractivity contribution in [2.45, 2.75) is 39.8 Å². The number of hydrogen-bond acceptors (Lipinski definition) is 4. The van der Waals surface area contributed by atoms with E-state index in [1.807, 2.05) is 52.0 Å². The van der Waals surface area contributed by atoms with Crippen molar-refractivity contribution in [3.8, 4) is 0 Å². The number of anilines is 1. The molecule has 0 radical (unpaired) electrons. The minimum atomic E-state index is -0.564. The van der Waals surface area contributed by atoms with Gasteiger partial charge in [0.25, 0.3) is 5.91 Å². The van der Waals surface area contributed by atoms with Crippen molar-refractivity contribution in [1.82, 2.24) is 9.88 Å². The van der Waals surface area contributed by atoms with Gasteiger partial charge in [-0.15, -0.1) is 0 Å². The molecule has 1 heterocycles. The molecule has 6 nitrogen and oxygen atoms in total. The van der Waals surface area contributed by atoms with Crippen molar-refractivity contribution in [3.63, 3.8) is 0 Å². The number of nitrogens with zero attached hydrogens (tertiary/aromatic N) is 2. The fourth-order valence-electron chi connectivity index (χ4n) is 2.35. The van der Waals surface area contributed by atoms with Crippen molar-refractivity contribution >= 4 is 33.6 Å². The number of rotatable bonds is 5. The van der Waals surface area contributed by atoms with Crippen LogP contribution < -0.4 is 5.32 Å². The highest BCUT2D eigenvalue weighted by Crippen LogP contribution is 2.20. The van der Waals surface area contributed by atoms with Crippen LogP contribution in [0.4, 0.5) is 10.5 Å². The fraction of sp³-hybridized carbons (Fsp3) is 0.350. The number of pyridine rings is 1. The van der Waals surface area contributed by atoms with Gasteiger partial charge in [0.05, 0.1) is 12.1 Å². The van der Waals surface area contributed by atoms with Gasteiger partial charge in [-0.1, -0.05) is 18.2 Å². The van der Waals surface area contributed by atoms with Gasteiger partial charge in [-0.05, 0) is 61.3 Å². The van der Waals surface area contributed by atoms with Crippen molar-refractivity contribution in [2.24, 2.45) is 0 Å². The number of nitrogens with one attached hydrogen (secondary N) is 1. The molecule has 0 unspecified atom stereocenters. The van der Waals surface area contributed by atoms with E-state index in [1.54, 1.807) is 17.2 Å². The smallest absolute Gasteiger partial charge is 0.410 e. The van der Waals surface area contributed by atoms with Gasteiger partial charge >= 0.3 is 6.09 Å². The molecule has 0 aliphatic heterocycles. The number of carbonyl (C=O) groups is 2. The monoisotopic (exact) mass is 433 g/mol. The summed E-state index contributed by atoms with van der Waals surface area (Å²) in [6.45, 7) is 8.21. The van der Waals surface area contributed by atoms with Gasteiger partial charge in [0.15, 0.2) is 0 Å². The Labute approximate surface area is 168 Å². The summed E-state index contributed by atoms with van der Waals surface area (Å²) in [4.78, 5) is 30.5. The molecule has 0 fully saturated rings. The zero-order valence-corrected chi connectivity index (χ0v) is 17.5. The van der Waals surface area contributed by atoms with Gasteiger partial charge in [0.2, 0.25) is 0 Å². The highest BCUT2D eigenvalue weighted by molar-refractivity contribution is 9.10. The number of hydrogen-bond donors (Lipinski definition) is 1. The molecule has 0 saturated carbocycles. The summed E-state index contributed by atoms with van der Waals surface area (Å²) >= 11 is 3.31. The van der Waals surface area contributed by atoms with E-state index in [0.29, 0.717) is 24.3 Å². The summed E-state index contributed by atoms with van der Waals surface area (Å²) in [7, 11) is 0. The van der Waals surface area contributed by atoms with E-state index in [0.717, 1.165) is 10.0 Å². The molecule has 0 spiro atoms. The van der Waals surface area contributed by atoms with Crippen LogP contribution in [0.25, 0.3) is 0 Å². The summed E-state index contributed by atoms with van der Waals surface area (Å²) in [6, 6.07) is 9.09. The summed E-state index contributed by atoms with van der Waals surface area (Å²) in [5.41, 5.74) is 1.34. The van der Waals surface area contributed by atoms with E-state index in [4.69, 9.17) is 4.74 Å². The summed E-state index contributed by atoms with van der Waals surface area (Å²) in [5.74, 6) is -0.267. The lowest BCUT2D eigenvalue weighted by atomic mass is 10.1. The van der Waals surface area contributed by atoms with Gasteiger partial charge in [-0.25, -0.2) is 4.79 Å². The molecule has 1 N–H and O–H groups in total. The molecule has 0 aliphatic carbocycles. The third kappa shape index (κ3) is 6.36. The second-order valence-electron chi connectivity index (χ2n) is 7.00. The minimum absolute atomic E-state index is 0.267. The lowest BCUT2D eigenvalue weighted by Gasteiger charge is -2.27. The summed E-state index contributed by atoms with van der Waals surface area (Å²) in [5, 5.41) is 2.89. The number of halogens is 1. The molecule has 1 aromatic carbocycles. The number of amides is 2. The van der Waals surface area contributed by atoms with Crippen LogP contribution in [0.5, 0.6) is 0 Å². The average molecular weight is 434 g/mol. The van der Waals surface area contributed by atoms with Crippen molar-refractivity contribution in [1.29, 1.82) is 0 Å². The normalized spacial score (nSPS) is 11.0. The first-order valence-corrected chi connectivity index (χ1v) is 9.46. The number of ether oxygens (including phenoxy) is 1. The Kier molecular flexibility index (Phi) is 6.96. The molecule has 2 amide bonds. The lowest BCUT2D eigenvalue weighted by molar-refractivity contribution is 0.0245. The molecular formula is C20H24BrN3O3. The van der Waals surface area contributed by atoms with Crippen molar-refractivity contribution < 1.29 is 14.3 Å². The molecule has 0 aliphatic rings. The number of benzene rings is 1. The second kappa shape index (κ2) is 8.99. The Morgan fingerprint density at radius 2 is 1.93 bits per heavy atom. The summed E-state index contributed by atoms with van der Waals surface area (Å²) in [6.07, 6.45) is 2.73. The Bertz CT molecular complexity index is 818. The Morgan fingerprint density at radius 1 is 1.22 bits per heavy atom. The van der Waals surface area contributed by atoms with Gasteiger partial charge in [-0.3, -0.25) is 9.78 Å². The van der Waals surface area contributed by atoms with Crippen LogP contribution >= 0.6 is 15.9 Å². The molecule has 0 saturated heterocycles. The van der Waals surface area contributed by atoms with Gasteiger partial charge in [-0.2, -0.15) is 0 Å². The molecule has 7 heteroatoms. The van der Waals surface area contributed by atoms with Crippen LogP contribution in [0.15, 0.2) is 47.2 Å². The van der Waals surface area contributed by atoms with Crippen molar-refractivity contribution in [2.75, 3.05) is 11.9 Å². The van der Waals surface area contributed by atoms with E-state index in [-0.39, 0.29) is 12.0 Å². The zero-order valence-electron chi connectivity index (χ0n) is 16.0. The Balaban J connectivity index is 2.17. The molecule has 144 valence electrons. The quantitative estimate of drug-likeness (QED) is 0.730. The van der Waals surface area contributed by atoms with E-state index in [1.165, 1.54) is 6.20 Å². The number of aromatic nitrogens is 1. The predicted molar refractivity (Wildman–Crippen MR) is 109 cm³/mol. The first-order chi connectivity index (χ1) is 12.7. The largest absolute Gasteiger partial charge is 0.444 e. The maximum Gasteiger partial charge on any atom is 0.410 e. The van der Waals surface area contributed by atoms with Crippen LogP contribution in [0.3, 0.4) is 0 Å². The fourth-order valence-corrected chi connectivity index (χ4v) is 2.71. The molecular weight excluding hydrogens is 410 g/mol. The number of para-hydroxylation sites is 1.